The van der Waals surface area contributed by atoms with Crippen molar-refractivity contribution in [2.75, 3.05) is 0 Å². The van der Waals surface area contributed by atoms with Gasteiger partial charge in [0, 0.05) is 22.8 Å². The first kappa shape index (κ1) is 17.8. The number of rotatable bonds is 2. The number of hydrogen-bond acceptors (Lipinski definition) is 4. The fraction of sp³-hybridized carbons (Fsp3) is 0.875. The molecule has 0 N–H and O–H groups in total. The molecule has 4 atom stereocenters. The first-order valence-electron chi connectivity index (χ1n) is 7.93. The summed E-state index contributed by atoms with van der Waals surface area (Å²) < 4.78 is 0. The quantitative estimate of drug-likeness (QED) is 0.474. The predicted octanol–water partition coefficient (Wildman–Crippen LogP) is -6.43. The Morgan fingerprint density at radius 3 is 1.18 bits per heavy atom. The molecular weight excluding hydrogens is 302 g/mol. The zero-order valence-corrected chi connectivity index (χ0v) is 17.3. The number of carbonyl (C=O) groups is 2. The van der Waals surface area contributed by atoms with E-state index in [4.69, 9.17) is 0 Å². The molecule has 4 unspecified atom stereocenters. The molecule has 8 bridgehead atoms. The largest absolute Gasteiger partial charge is 1.00 e. The summed E-state index contributed by atoms with van der Waals surface area (Å²) in [6, 6.07) is 0. The van der Waals surface area contributed by atoms with Crippen LogP contribution >= 0.6 is 0 Å². The normalized spacial score (nSPS) is 55.5. The zero-order valence-electron chi connectivity index (χ0n) is 13.3. The van der Waals surface area contributed by atoms with Gasteiger partial charge in [-0.05, 0) is 74.0 Å². The molecule has 0 aromatic rings. The van der Waals surface area contributed by atoms with E-state index < -0.39 is 22.8 Å². The molecule has 0 aromatic heterocycles. The van der Waals surface area contributed by atoms with Crippen molar-refractivity contribution in [2.45, 2.75) is 38.5 Å². The Morgan fingerprint density at radius 1 is 0.682 bits per heavy atom. The third-order valence-electron chi connectivity index (χ3n) is 7.98. The van der Waals surface area contributed by atoms with Gasteiger partial charge in [-0.1, -0.05) is 0 Å². The Hall–Kier alpha value is 0.940. The van der Waals surface area contributed by atoms with Gasteiger partial charge in [-0.3, -0.25) is 0 Å². The summed E-state index contributed by atoms with van der Waals surface area (Å²) in [4.78, 5) is 24.0. The van der Waals surface area contributed by atoms with Gasteiger partial charge < -0.3 is 19.8 Å². The number of carboxylic acid groups (broad SMARTS) is 2. The number of aliphatic carboxylic acids is 2. The van der Waals surface area contributed by atoms with E-state index in [1.807, 2.05) is 0 Å². The molecule has 7 aliphatic rings. The SMILES string of the molecule is O=C([O-])C12CC3CC4C1CC1CC2C(C3)C4(C(=O)[O-])C1.[Na+].[Na+]. The topological polar surface area (TPSA) is 80.3 Å². The molecule has 0 saturated heterocycles. The van der Waals surface area contributed by atoms with Gasteiger partial charge in [-0.2, -0.15) is 0 Å². The Labute approximate surface area is 174 Å². The predicted molar refractivity (Wildman–Crippen MR) is 63.5 cm³/mol. The van der Waals surface area contributed by atoms with Crippen molar-refractivity contribution in [3.8, 4) is 0 Å². The molecule has 6 heteroatoms. The molecule has 7 aliphatic carbocycles. The van der Waals surface area contributed by atoms with Crippen LogP contribution < -0.4 is 69.3 Å². The summed E-state index contributed by atoms with van der Waals surface area (Å²) in [6.07, 6.45) is 5.11. The second kappa shape index (κ2) is 5.22. The van der Waals surface area contributed by atoms with Crippen LogP contribution in [-0.4, -0.2) is 11.9 Å². The number of hydrogen-bond donors (Lipinski definition) is 0. The maximum Gasteiger partial charge on any atom is 1.00 e. The van der Waals surface area contributed by atoms with Gasteiger partial charge >= 0.3 is 59.1 Å². The van der Waals surface area contributed by atoms with E-state index in [0.717, 1.165) is 38.5 Å². The third-order valence-corrected chi connectivity index (χ3v) is 7.98. The van der Waals surface area contributed by atoms with Crippen LogP contribution in [0.15, 0.2) is 0 Å². The average molecular weight is 320 g/mol. The second-order valence-corrected chi connectivity index (χ2v) is 8.16. The van der Waals surface area contributed by atoms with E-state index in [1.54, 1.807) is 0 Å². The molecule has 0 amide bonds. The smallest absolute Gasteiger partial charge is 0.550 e. The first-order valence-corrected chi connectivity index (χ1v) is 7.93. The summed E-state index contributed by atoms with van der Waals surface area (Å²) in [6.45, 7) is 0. The minimum absolute atomic E-state index is 0. The maximum absolute atomic E-state index is 12.0. The van der Waals surface area contributed by atoms with Crippen LogP contribution in [0.4, 0.5) is 0 Å². The average Bonchev–Trinajstić information content (AvgIpc) is 2.43. The van der Waals surface area contributed by atoms with Crippen molar-refractivity contribution >= 4 is 11.9 Å². The van der Waals surface area contributed by atoms with Crippen molar-refractivity contribution < 1.29 is 78.9 Å². The summed E-state index contributed by atoms with van der Waals surface area (Å²) in [5.74, 6) is -0.828. The molecule has 108 valence electrons. The summed E-state index contributed by atoms with van der Waals surface area (Å²) >= 11 is 0. The van der Waals surface area contributed by atoms with Crippen LogP contribution in [0.2, 0.25) is 0 Å². The van der Waals surface area contributed by atoms with Crippen molar-refractivity contribution in [1.29, 1.82) is 0 Å². The van der Waals surface area contributed by atoms with Gasteiger partial charge in [0.15, 0.2) is 0 Å². The van der Waals surface area contributed by atoms with Gasteiger partial charge in [0.2, 0.25) is 0 Å². The van der Waals surface area contributed by atoms with E-state index in [0.29, 0.717) is 11.8 Å². The fourth-order valence-corrected chi connectivity index (χ4v) is 7.78. The van der Waals surface area contributed by atoms with Gasteiger partial charge in [0.25, 0.3) is 0 Å². The molecule has 0 radical (unpaired) electrons. The van der Waals surface area contributed by atoms with Crippen molar-refractivity contribution in [3.63, 3.8) is 0 Å². The third kappa shape index (κ3) is 1.65. The monoisotopic (exact) mass is 320 g/mol. The Bertz CT molecular complexity index is 476. The van der Waals surface area contributed by atoms with E-state index >= 15 is 0 Å². The van der Waals surface area contributed by atoms with Crippen LogP contribution in [0.5, 0.6) is 0 Å². The molecule has 22 heavy (non-hydrogen) atoms. The summed E-state index contributed by atoms with van der Waals surface area (Å²) in [7, 11) is 0. The van der Waals surface area contributed by atoms with Crippen molar-refractivity contribution in [3.05, 3.63) is 0 Å². The standard InChI is InChI=1S/C16H20O4.2Na/c17-13(18)15-6-8-3-10-9(15)1-7-2-11(15)12(4-8)16(10,5-7)14(19)20;;/h7-12H,1-6H2,(H,17,18)(H,19,20);;/q;2*+1/p-2. The Kier molecular flexibility index (Phi) is 4.21. The molecular formula is C16H18Na2O4. The van der Waals surface area contributed by atoms with Gasteiger partial charge in [0.05, 0.1) is 0 Å². The number of carbonyl (C=O) groups excluding carboxylic acids is 2. The van der Waals surface area contributed by atoms with E-state index in [-0.39, 0.29) is 82.8 Å². The zero-order chi connectivity index (χ0) is 13.9. The molecule has 7 rings (SSSR count). The molecule has 0 aromatic carbocycles. The summed E-state index contributed by atoms with van der Waals surface area (Å²) in [5, 5.41) is 24.0. The van der Waals surface area contributed by atoms with Gasteiger partial charge in [-0.25, -0.2) is 0 Å². The van der Waals surface area contributed by atoms with Crippen LogP contribution in [0.25, 0.3) is 0 Å². The fourth-order valence-electron chi connectivity index (χ4n) is 7.78. The Morgan fingerprint density at radius 2 is 0.955 bits per heavy atom. The van der Waals surface area contributed by atoms with Crippen LogP contribution in [0, 0.1) is 46.3 Å². The molecule has 0 heterocycles. The van der Waals surface area contributed by atoms with Gasteiger partial charge in [0.1, 0.15) is 0 Å². The number of carboxylic acids is 2. The van der Waals surface area contributed by atoms with E-state index in [1.165, 1.54) is 0 Å². The van der Waals surface area contributed by atoms with Crippen LogP contribution in [-0.2, 0) is 9.59 Å². The minimum atomic E-state index is -0.890. The molecule has 0 spiro atoms. The second-order valence-electron chi connectivity index (χ2n) is 8.16. The first-order chi connectivity index (χ1) is 9.50. The minimum Gasteiger partial charge on any atom is -0.550 e. The van der Waals surface area contributed by atoms with Crippen molar-refractivity contribution in [2.24, 2.45) is 46.3 Å². The molecule has 0 aliphatic heterocycles. The van der Waals surface area contributed by atoms with Crippen LogP contribution in [0.3, 0.4) is 0 Å². The summed E-state index contributed by atoms with van der Waals surface area (Å²) in [5.41, 5.74) is -1.40. The van der Waals surface area contributed by atoms with Gasteiger partial charge in [-0.15, -0.1) is 0 Å². The molecule has 7 fully saturated rings. The van der Waals surface area contributed by atoms with E-state index in [9.17, 15) is 19.8 Å². The van der Waals surface area contributed by atoms with E-state index in [2.05, 4.69) is 0 Å². The molecule has 4 nitrogen and oxygen atoms in total. The Balaban J connectivity index is 0.000000720. The van der Waals surface area contributed by atoms with Crippen molar-refractivity contribution in [1.82, 2.24) is 0 Å². The molecule has 7 saturated carbocycles. The maximum atomic E-state index is 12.0. The van der Waals surface area contributed by atoms with Crippen LogP contribution in [0.1, 0.15) is 38.5 Å².